The van der Waals surface area contributed by atoms with Gasteiger partial charge in [-0.3, -0.25) is 9.79 Å². The number of hydrogen-bond donors (Lipinski definition) is 3. The number of rotatable bonds is 4. The van der Waals surface area contributed by atoms with Gasteiger partial charge in [-0.15, -0.1) is 0 Å². The van der Waals surface area contributed by atoms with Crippen molar-refractivity contribution in [3.63, 3.8) is 0 Å². The van der Waals surface area contributed by atoms with E-state index in [1.807, 2.05) is 6.08 Å². The Balaban J connectivity index is 1.82. The molecule has 0 radical (unpaired) electrons. The third-order valence-electron chi connectivity index (χ3n) is 5.10. The average Bonchev–Trinajstić information content (AvgIpc) is 2.95. The van der Waals surface area contributed by atoms with Gasteiger partial charge in [0.25, 0.3) is 0 Å². The van der Waals surface area contributed by atoms with E-state index in [0.717, 1.165) is 11.6 Å². The molecule has 0 aromatic heterocycles. The molecule has 1 aliphatic carbocycles. The predicted molar refractivity (Wildman–Crippen MR) is 107 cm³/mol. The van der Waals surface area contributed by atoms with E-state index >= 15 is 0 Å². The van der Waals surface area contributed by atoms with Crippen molar-refractivity contribution in [3.05, 3.63) is 59.2 Å². The van der Waals surface area contributed by atoms with E-state index in [0.29, 0.717) is 6.42 Å². The van der Waals surface area contributed by atoms with Gasteiger partial charge in [-0.25, -0.2) is 0 Å². The van der Waals surface area contributed by atoms with Gasteiger partial charge in [-0.1, -0.05) is 48.2 Å². The third-order valence-corrected chi connectivity index (χ3v) is 6.33. The molecule has 29 heavy (non-hydrogen) atoms. The van der Waals surface area contributed by atoms with E-state index in [2.05, 4.69) is 10.3 Å². The molecule has 1 fully saturated rings. The van der Waals surface area contributed by atoms with Crippen molar-refractivity contribution in [2.24, 2.45) is 16.6 Å². The fraction of sp³-hybridized carbons (Fsp3) is 0.400. The van der Waals surface area contributed by atoms with E-state index < -0.39 is 28.8 Å². The quantitative estimate of drug-likeness (QED) is 0.644. The molecule has 1 amide bonds. The summed E-state index contributed by atoms with van der Waals surface area (Å²) in [6, 6.07) is 4.50. The summed E-state index contributed by atoms with van der Waals surface area (Å²) in [4.78, 5) is 17.0. The van der Waals surface area contributed by atoms with Gasteiger partial charge in [-0.2, -0.15) is 13.2 Å². The lowest BCUT2D eigenvalue weighted by molar-refractivity contribution is -0.138. The fourth-order valence-corrected chi connectivity index (χ4v) is 4.49. The van der Waals surface area contributed by atoms with Crippen LogP contribution in [0, 0.1) is 5.92 Å². The van der Waals surface area contributed by atoms with Crippen LogP contribution < -0.4 is 11.1 Å². The molecule has 156 valence electrons. The number of aliphatic hydroxyl groups excluding tert-OH is 1. The van der Waals surface area contributed by atoms with Crippen molar-refractivity contribution < 1.29 is 23.1 Å². The SMILES string of the molecule is C[C@H](N=C1NC(=O)C(C)(C2=CCC([C@@H](N)O)C=C2)S1)c1ccccc1C(F)(F)F. The Hall–Kier alpha value is -2.10. The van der Waals surface area contributed by atoms with E-state index in [1.165, 1.54) is 30.0 Å². The first-order chi connectivity index (χ1) is 13.5. The number of aliphatic imine (C=N–C) groups is 1. The van der Waals surface area contributed by atoms with Crippen LogP contribution in [0.2, 0.25) is 0 Å². The minimum Gasteiger partial charge on any atom is -0.378 e. The Labute approximate surface area is 171 Å². The van der Waals surface area contributed by atoms with Crippen LogP contribution in [-0.2, 0) is 11.0 Å². The normalized spacial score (nSPS) is 28.2. The Morgan fingerprint density at radius 1 is 1.38 bits per heavy atom. The van der Waals surface area contributed by atoms with Crippen molar-refractivity contribution in [1.82, 2.24) is 5.32 Å². The third kappa shape index (κ3) is 4.41. The molecule has 2 aliphatic rings. The molecule has 1 aliphatic heterocycles. The van der Waals surface area contributed by atoms with Gasteiger partial charge < -0.3 is 16.2 Å². The van der Waals surface area contributed by atoms with Crippen LogP contribution in [0.15, 0.2) is 53.1 Å². The van der Waals surface area contributed by atoms with E-state index in [1.54, 1.807) is 26.0 Å². The van der Waals surface area contributed by atoms with Crippen molar-refractivity contribution in [1.29, 1.82) is 0 Å². The summed E-state index contributed by atoms with van der Waals surface area (Å²) >= 11 is 1.17. The van der Waals surface area contributed by atoms with Crippen LogP contribution in [0.3, 0.4) is 0 Å². The number of nitrogens with zero attached hydrogens (tertiary/aromatic N) is 1. The molecule has 0 saturated carbocycles. The number of nitrogens with one attached hydrogen (secondary N) is 1. The van der Waals surface area contributed by atoms with E-state index in [-0.39, 0.29) is 22.6 Å². The summed E-state index contributed by atoms with van der Waals surface area (Å²) in [5.74, 6) is -0.510. The number of allylic oxidation sites excluding steroid dienone is 2. The smallest absolute Gasteiger partial charge is 0.378 e. The van der Waals surface area contributed by atoms with E-state index in [9.17, 15) is 23.1 Å². The number of halogens is 3. The standard InChI is InChI=1S/C20H22F3N3O2S/c1-11(14-5-3-4-6-15(14)20(21,22)23)25-18-26-17(28)19(2,29-18)13-9-7-12(8-10-13)16(24)27/h3-7,9-12,16,27H,8,24H2,1-2H3,(H,25,26,28)/t11-,12?,16-,19?/m0/s1. The molecule has 1 heterocycles. The molecule has 2 unspecified atom stereocenters. The number of thioether (sulfide) groups is 1. The molecule has 0 spiro atoms. The lowest BCUT2D eigenvalue weighted by Crippen LogP contribution is -2.36. The highest BCUT2D eigenvalue weighted by Crippen LogP contribution is 2.42. The molecule has 1 aromatic carbocycles. The predicted octanol–water partition coefficient (Wildman–Crippen LogP) is 3.52. The van der Waals surface area contributed by atoms with Gasteiger partial charge in [0.05, 0.1) is 11.6 Å². The Kier molecular flexibility index (Phi) is 5.93. The van der Waals surface area contributed by atoms with Crippen LogP contribution in [-0.4, -0.2) is 27.2 Å². The average molecular weight is 425 g/mol. The number of amidine groups is 1. The van der Waals surface area contributed by atoms with Crippen LogP contribution in [0.1, 0.15) is 37.4 Å². The van der Waals surface area contributed by atoms with Crippen molar-refractivity contribution >= 4 is 22.8 Å². The number of carbonyl (C=O) groups is 1. The number of alkyl halides is 3. The molecule has 1 saturated heterocycles. The Bertz CT molecular complexity index is 895. The maximum atomic E-state index is 13.3. The summed E-state index contributed by atoms with van der Waals surface area (Å²) in [5.41, 5.74) is 5.54. The van der Waals surface area contributed by atoms with Gasteiger partial charge >= 0.3 is 6.18 Å². The summed E-state index contributed by atoms with van der Waals surface area (Å²) in [5, 5.41) is 12.4. The lowest BCUT2D eigenvalue weighted by atomic mass is 9.89. The van der Waals surface area contributed by atoms with Crippen molar-refractivity contribution in [2.45, 2.75) is 43.5 Å². The van der Waals surface area contributed by atoms with Crippen LogP contribution in [0.5, 0.6) is 0 Å². The number of benzene rings is 1. The monoisotopic (exact) mass is 425 g/mol. The minimum absolute atomic E-state index is 0.0486. The first kappa shape index (κ1) is 21.6. The van der Waals surface area contributed by atoms with Gasteiger partial charge in [0.1, 0.15) is 11.0 Å². The summed E-state index contributed by atoms with van der Waals surface area (Å²) < 4.78 is 38.9. The molecular weight excluding hydrogens is 403 g/mol. The maximum Gasteiger partial charge on any atom is 0.416 e. The summed E-state index contributed by atoms with van der Waals surface area (Å²) in [6.45, 7) is 3.30. The summed E-state index contributed by atoms with van der Waals surface area (Å²) in [7, 11) is 0. The van der Waals surface area contributed by atoms with Crippen molar-refractivity contribution in [3.8, 4) is 0 Å². The van der Waals surface area contributed by atoms with E-state index in [4.69, 9.17) is 5.73 Å². The topological polar surface area (TPSA) is 87.7 Å². The molecule has 4 atom stereocenters. The molecule has 1 aromatic rings. The first-order valence-corrected chi connectivity index (χ1v) is 9.91. The number of hydrogen-bond acceptors (Lipinski definition) is 5. The Morgan fingerprint density at radius 3 is 2.66 bits per heavy atom. The van der Waals surface area contributed by atoms with Crippen molar-refractivity contribution in [2.75, 3.05) is 0 Å². The summed E-state index contributed by atoms with van der Waals surface area (Å²) in [6.07, 6.45) is 0.396. The van der Waals surface area contributed by atoms with Gasteiger partial charge in [-0.05, 0) is 37.5 Å². The molecule has 4 N–H and O–H groups in total. The highest BCUT2D eigenvalue weighted by molar-refractivity contribution is 8.16. The van der Waals surface area contributed by atoms with Crippen LogP contribution >= 0.6 is 11.8 Å². The number of aliphatic hydroxyl groups is 1. The molecule has 0 bridgehead atoms. The maximum absolute atomic E-state index is 13.3. The molecule has 5 nitrogen and oxygen atoms in total. The second-order valence-electron chi connectivity index (χ2n) is 7.19. The molecular formula is C20H22F3N3O2S. The highest BCUT2D eigenvalue weighted by atomic mass is 32.2. The fourth-order valence-electron chi connectivity index (χ4n) is 3.34. The van der Waals surface area contributed by atoms with Gasteiger partial charge in [0.15, 0.2) is 5.17 Å². The number of nitrogens with two attached hydrogens (primary N) is 1. The molecule has 9 heteroatoms. The zero-order valence-electron chi connectivity index (χ0n) is 15.9. The second kappa shape index (κ2) is 7.97. The second-order valence-corrected chi connectivity index (χ2v) is 8.60. The lowest BCUT2D eigenvalue weighted by Gasteiger charge is -2.25. The van der Waals surface area contributed by atoms with Gasteiger partial charge in [0, 0.05) is 5.92 Å². The number of carbonyl (C=O) groups excluding carboxylic acids is 1. The Morgan fingerprint density at radius 2 is 2.07 bits per heavy atom. The number of amides is 1. The zero-order chi connectivity index (χ0) is 21.4. The van der Waals surface area contributed by atoms with Crippen LogP contribution in [0.25, 0.3) is 0 Å². The molecule has 3 rings (SSSR count). The van der Waals surface area contributed by atoms with Crippen LogP contribution in [0.4, 0.5) is 13.2 Å². The first-order valence-electron chi connectivity index (χ1n) is 9.09. The minimum atomic E-state index is -4.48. The largest absolute Gasteiger partial charge is 0.416 e. The van der Waals surface area contributed by atoms with Gasteiger partial charge in [0.2, 0.25) is 5.91 Å². The highest BCUT2D eigenvalue weighted by Gasteiger charge is 2.45. The zero-order valence-corrected chi connectivity index (χ0v) is 16.7.